The van der Waals surface area contributed by atoms with Crippen LogP contribution in [0.1, 0.15) is 35.0 Å². The second-order valence-electron chi connectivity index (χ2n) is 8.02. The Hall–Kier alpha value is -3.51. The van der Waals surface area contributed by atoms with Crippen LogP contribution in [0, 0.1) is 17.2 Å². The molecule has 2 aliphatic rings. The maximum Gasteiger partial charge on any atom is 0.327 e. The smallest absolute Gasteiger partial charge is 0.327 e. The number of esters is 2. The summed E-state index contributed by atoms with van der Waals surface area (Å²) < 4.78 is 31.1. The molecule has 0 amide bonds. The lowest BCUT2D eigenvalue weighted by atomic mass is 9.67. The van der Waals surface area contributed by atoms with Crippen molar-refractivity contribution >= 4 is 11.9 Å². The molecule has 0 aromatic heterocycles. The Labute approximate surface area is 184 Å². The van der Waals surface area contributed by atoms with Crippen molar-refractivity contribution in [3.8, 4) is 0 Å². The first kappa shape index (κ1) is 20.4. The van der Waals surface area contributed by atoms with Gasteiger partial charge >= 0.3 is 11.9 Å². The molecule has 0 unspecified atom stereocenters. The predicted molar refractivity (Wildman–Crippen MR) is 113 cm³/mol. The summed E-state index contributed by atoms with van der Waals surface area (Å²) in [7, 11) is 1.25. The highest BCUT2D eigenvalue weighted by molar-refractivity contribution is 6.03. The quantitative estimate of drug-likeness (QED) is 0.441. The number of rotatable bonds is 4. The molecule has 5 nitrogen and oxygen atoms in total. The van der Waals surface area contributed by atoms with Crippen LogP contribution in [0.25, 0.3) is 0 Å². The van der Waals surface area contributed by atoms with Gasteiger partial charge in [0.1, 0.15) is 18.0 Å². The van der Waals surface area contributed by atoms with E-state index >= 15 is 0 Å². The van der Waals surface area contributed by atoms with Gasteiger partial charge in [-0.15, -0.1) is 0 Å². The van der Waals surface area contributed by atoms with E-state index in [9.17, 15) is 14.0 Å². The van der Waals surface area contributed by atoms with Crippen LogP contribution in [0.2, 0.25) is 0 Å². The summed E-state index contributed by atoms with van der Waals surface area (Å²) in [6.07, 6.45) is -2.33. The van der Waals surface area contributed by atoms with Crippen molar-refractivity contribution in [2.45, 2.75) is 18.3 Å². The lowest BCUT2D eigenvalue weighted by Gasteiger charge is -2.27. The van der Waals surface area contributed by atoms with Gasteiger partial charge in [-0.3, -0.25) is 9.59 Å². The summed E-state index contributed by atoms with van der Waals surface area (Å²) in [4.78, 5) is 26.9. The van der Waals surface area contributed by atoms with Gasteiger partial charge in [-0.05, 0) is 28.8 Å². The number of fused-ring (bicyclic) bond motifs is 1. The summed E-state index contributed by atoms with van der Waals surface area (Å²) in [5.41, 5.74) is 0.386. The fourth-order valence-corrected chi connectivity index (χ4v) is 5.00. The third kappa shape index (κ3) is 2.94. The van der Waals surface area contributed by atoms with Gasteiger partial charge in [0.25, 0.3) is 0 Å². The average molecular weight is 432 g/mol. The number of hydrogen-bond acceptors (Lipinski definition) is 5. The van der Waals surface area contributed by atoms with Crippen LogP contribution in [0.15, 0.2) is 84.9 Å². The fourth-order valence-electron chi connectivity index (χ4n) is 5.00. The van der Waals surface area contributed by atoms with Gasteiger partial charge < -0.3 is 14.2 Å². The number of benzene rings is 3. The largest absolute Gasteiger partial charge is 0.468 e. The van der Waals surface area contributed by atoms with E-state index in [0.29, 0.717) is 11.1 Å². The molecule has 0 aliphatic carbocycles. The molecule has 0 spiro atoms. The monoisotopic (exact) mass is 432 g/mol. The maximum atomic E-state index is 13.6. The molecular weight excluding hydrogens is 411 g/mol. The standard InChI is InChI=1S/C26H21FO5/c1-30-24(28)26-20(22(32-25(26)29)17-12-14-19(27)15-13-17)21(16-8-4-2-5-9-16)31-23(26)18-10-6-3-7-11-18/h2-15,20-23H,1H3/t20-,21-,22-,23+,26+/m1/s1. The number of carbonyl (C=O) groups is 2. The Morgan fingerprint density at radius 1 is 0.844 bits per heavy atom. The molecule has 162 valence electrons. The Balaban J connectivity index is 1.73. The number of ether oxygens (including phenoxy) is 3. The lowest BCUT2D eigenvalue weighted by molar-refractivity contribution is -0.170. The molecule has 32 heavy (non-hydrogen) atoms. The second-order valence-corrected chi connectivity index (χ2v) is 8.02. The minimum absolute atomic E-state index is 0.401. The topological polar surface area (TPSA) is 61.8 Å². The Bertz CT molecular complexity index is 1130. The van der Waals surface area contributed by atoms with Gasteiger partial charge in [-0.2, -0.15) is 0 Å². The van der Waals surface area contributed by atoms with Crippen molar-refractivity contribution < 1.29 is 28.2 Å². The van der Waals surface area contributed by atoms with Crippen molar-refractivity contribution in [1.82, 2.24) is 0 Å². The van der Waals surface area contributed by atoms with E-state index in [1.807, 2.05) is 60.7 Å². The first-order chi connectivity index (χ1) is 15.6. The molecule has 6 heteroatoms. The van der Waals surface area contributed by atoms with Gasteiger partial charge in [0.2, 0.25) is 5.41 Å². The van der Waals surface area contributed by atoms with E-state index in [0.717, 1.165) is 5.56 Å². The molecule has 5 atom stereocenters. The molecule has 2 heterocycles. The molecule has 2 saturated heterocycles. The zero-order valence-corrected chi connectivity index (χ0v) is 17.3. The predicted octanol–water partition coefficient (Wildman–Crippen LogP) is 4.71. The van der Waals surface area contributed by atoms with E-state index in [-0.39, 0.29) is 0 Å². The minimum Gasteiger partial charge on any atom is -0.468 e. The minimum atomic E-state index is -1.70. The molecule has 3 aromatic rings. The van der Waals surface area contributed by atoms with E-state index in [4.69, 9.17) is 14.2 Å². The zero-order chi connectivity index (χ0) is 22.3. The molecule has 0 bridgehead atoms. The summed E-state index contributed by atoms with van der Waals surface area (Å²) in [6.45, 7) is 0. The lowest BCUT2D eigenvalue weighted by Crippen LogP contribution is -2.44. The first-order valence-electron chi connectivity index (χ1n) is 10.4. The van der Waals surface area contributed by atoms with E-state index in [1.54, 1.807) is 12.1 Å². The van der Waals surface area contributed by atoms with Crippen LogP contribution in [0.5, 0.6) is 0 Å². The molecule has 5 rings (SSSR count). The van der Waals surface area contributed by atoms with Gasteiger partial charge in [-0.1, -0.05) is 72.8 Å². The van der Waals surface area contributed by atoms with Crippen LogP contribution in [0.3, 0.4) is 0 Å². The Morgan fingerprint density at radius 3 is 2.00 bits per heavy atom. The summed E-state index contributed by atoms with van der Waals surface area (Å²) in [6, 6.07) is 24.3. The number of cyclic esters (lactones) is 1. The highest BCUT2D eigenvalue weighted by Crippen LogP contribution is 2.66. The first-order valence-corrected chi connectivity index (χ1v) is 10.4. The molecule has 0 saturated carbocycles. The van der Waals surface area contributed by atoms with Crippen molar-refractivity contribution in [2.24, 2.45) is 11.3 Å². The Morgan fingerprint density at radius 2 is 1.41 bits per heavy atom. The van der Waals surface area contributed by atoms with Crippen LogP contribution >= 0.6 is 0 Å². The number of carbonyl (C=O) groups excluding carboxylic acids is 2. The zero-order valence-electron chi connectivity index (χ0n) is 17.3. The normalized spacial score (nSPS) is 28.8. The van der Waals surface area contributed by atoms with E-state index in [1.165, 1.54) is 19.2 Å². The van der Waals surface area contributed by atoms with E-state index in [2.05, 4.69) is 0 Å². The fraction of sp³-hybridized carbons (Fsp3) is 0.231. The van der Waals surface area contributed by atoms with Gasteiger partial charge in [0.15, 0.2) is 0 Å². The SMILES string of the molecule is COC(=O)[C@]12C(=O)O[C@H](c3ccc(F)cc3)[C@H]1[C@@H](c1ccccc1)O[C@H]2c1ccccc1. The highest BCUT2D eigenvalue weighted by atomic mass is 19.1. The molecule has 0 N–H and O–H groups in total. The van der Waals surface area contributed by atoms with Crippen molar-refractivity contribution in [1.29, 1.82) is 0 Å². The maximum absolute atomic E-state index is 13.6. The molecular formula is C26H21FO5. The average Bonchev–Trinajstić information content (AvgIpc) is 3.35. The molecule has 0 radical (unpaired) electrons. The summed E-state index contributed by atoms with van der Waals surface area (Å²) in [5, 5.41) is 0. The Kier molecular flexibility index (Phi) is 5.02. The number of hydrogen-bond donors (Lipinski definition) is 0. The molecule has 2 fully saturated rings. The van der Waals surface area contributed by atoms with Crippen molar-refractivity contribution in [3.63, 3.8) is 0 Å². The van der Waals surface area contributed by atoms with Gasteiger partial charge in [0.05, 0.1) is 19.1 Å². The number of methoxy groups -OCH3 is 1. The van der Waals surface area contributed by atoms with Crippen LogP contribution in [0.4, 0.5) is 4.39 Å². The van der Waals surface area contributed by atoms with Crippen molar-refractivity contribution in [2.75, 3.05) is 7.11 Å². The van der Waals surface area contributed by atoms with Crippen molar-refractivity contribution in [3.05, 3.63) is 107 Å². The summed E-state index contributed by atoms with van der Waals surface area (Å²) in [5.74, 6) is -2.51. The van der Waals surface area contributed by atoms with Crippen LogP contribution in [-0.2, 0) is 23.8 Å². The van der Waals surface area contributed by atoms with Crippen LogP contribution in [-0.4, -0.2) is 19.0 Å². The second kappa shape index (κ2) is 7.88. The third-order valence-electron chi connectivity index (χ3n) is 6.40. The van der Waals surface area contributed by atoms with Gasteiger partial charge in [-0.25, -0.2) is 4.39 Å². The third-order valence-corrected chi connectivity index (χ3v) is 6.40. The van der Waals surface area contributed by atoms with Crippen LogP contribution < -0.4 is 0 Å². The summed E-state index contributed by atoms with van der Waals surface area (Å²) >= 11 is 0. The highest BCUT2D eigenvalue weighted by Gasteiger charge is 2.74. The molecule has 2 aliphatic heterocycles. The van der Waals surface area contributed by atoms with Gasteiger partial charge in [0, 0.05) is 0 Å². The van der Waals surface area contributed by atoms with E-state index < -0.39 is 47.4 Å². The number of halogens is 1. The molecule has 3 aromatic carbocycles.